The molecule has 1 aromatic heterocycles. The zero-order valence-corrected chi connectivity index (χ0v) is 17.0. The van der Waals surface area contributed by atoms with Gasteiger partial charge in [-0.25, -0.2) is 9.48 Å². The molecule has 1 aliphatic heterocycles. The number of carbonyl (C=O) groups excluding carboxylic acids is 2. The average Bonchev–Trinajstić information content (AvgIpc) is 3.20. The van der Waals surface area contributed by atoms with Crippen molar-refractivity contribution in [3.05, 3.63) is 46.1 Å². The van der Waals surface area contributed by atoms with E-state index in [1.54, 1.807) is 23.0 Å². The van der Waals surface area contributed by atoms with Gasteiger partial charge in [0.15, 0.2) is 6.61 Å². The number of amides is 1. The molecule has 1 aromatic carbocycles. The summed E-state index contributed by atoms with van der Waals surface area (Å²) in [6.45, 7) is 4.82. The highest BCUT2D eigenvalue weighted by molar-refractivity contribution is 5.95. The highest BCUT2D eigenvalue weighted by Crippen LogP contribution is 2.31. The van der Waals surface area contributed by atoms with Crippen molar-refractivity contribution in [3.63, 3.8) is 0 Å². The summed E-state index contributed by atoms with van der Waals surface area (Å²) in [6.07, 6.45) is 4.62. The van der Waals surface area contributed by atoms with Crippen LogP contribution >= 0.6 is 0 Å². The van der Waals surface area contributed by atoms with Gasteiger partial charge in [-0.15, -0.1) is 0 Å². The maximum absolute atomic E-state index is 12.3. The van der Waals surface area contributed by atoms with E-state index in [1.165, 1.54) is 12.1 Å². The quantitative estimate of drug-likeness (QED) is 0.419. The summed E-state index contributed by atoms with van der Waals surface area (Å²) in [5, 5.41) is 18.3. The highest BCUT2D eigenvalue weighted by atomic mass is 16.6. The van der Waals surface area contributed by atoms with E-state index in [0.29, 0.717) is 11.5 Å². The molecule has 0 atom stereocenters. The Morgan fingerprint density at radius 1 is 1.23 bits per heavy atom. The van der Waals surface area contributed by atoms with Gasteiger partial charge in [0.25, 0.3) is 11.6 Å². The van der Waals surface area contributed by atoms with E-state index < -0.39 is 23.4 Å². The summed E-state index contributed by atoms with van der Waals surface area (Å²) in [7, 11) is 0. The fourth-order valence-corrected chi connectivity index (χ4v) is 3.42. The monoisotopic (exact) mass is 415 g/mol. The van der Waals surface area contributed by atoms with E-state index in [2.05, 4.69) is 10.4 Å². The molecule has 0 unspecified atom stereocenters. The lowest BCUT2D eigenvalue weighted by Crippen LogP contribution is -2.30. The van der Waals surface area contributed by atoms with Crippen molar-refractivity contribution in [2.24, 2.45) is 0 Å². The normalized spacial score (nSPS) is 13.9. The molecule has 1 aliphatic rings. The number of nitrogens with zero attached hydrogens (tertiary/aromatic N) is 4. The molecule has 160 valence electrons. The van der Waals surface area contributed by atoms with Crippen LogP contribution in [-0.2, 0) is 9.53 Å². The zero-order valence-electron chi connectivity index (χ0n) is 17.0. The summed E-state index contributed by atoms with van der Waals surface area (Å²) in [5.41, 5.74) is 0.384. The number of hydrogen-bond acceptors (Lipinski definition) is 7. The molecule has 0 spiro atoms. The van der Waals surface area contributed by atoms with E-state index in [4.69, 9.17) is 4.74 Å². The summed E-state index contributed by atoms with van der Waals surface area (Å²) < 4.78 is 6.67. The molecule has 2 heterocycles. The molecule has 1 N–H and O–H groups in total. The molecule has 30 heavy (non-hydrogen) atoms. The van der Waals surface area contributed by atoms with Gasteiger partial charge in [0.1, 0.15) is 11.5 Å². The Labute approximate surface area is 174 Å². The summed E-state index contributed by atoms with van der Waals surface area (Å²) in [4.78, 5) is 37.4. The molecule has 1 fully saturated rings. The van der Waals surface area contributed by atoms with Gasteiger partial charge in [-0.1, -0.05) is 0 Å². The van der Waals surface area contributed by atoms with E-state index in [9.17, 15) is 19.7 Å². The van der Waals surface area contributed by atoms with Crippen LogP contribution in [0, 0.1) is 10.1 Å². The number of carbonyl (C=O) groups is 2. The molecule has 2 aromatic rings. The SMILES string of the molecule is CC(C)n1nccc1NC(=O)COC(=O)c1ccc(N2CCCCC2)c([N+](=O)[O-])c1. The van der Waals surface area contributed by atoms with Gasteiger partial charge >= 0.3 is 5.97 Å². The Morgan fingerprint density at radius 3 is 2.63 bits per heavy atom. The summed E-state index contributed by atoms with van der Waals surface area (Å²) >= 11 is 0. The minimum atomic E-state index is -0.796. The molecule has 1 amide bonds. The number of ether oxygens (including phenoxy) is 1. The number of rotatable bonds is 7. The molecule has 0 saturated carbocycles. The van der Waals surface area contributed by atoms with Crippen LogP contribution in [0.3, 0.4) is 0 Å². The first kappa shape index (κ1) is 21.3. The van der Waals surface area contributed by atoms with Crippen molar-refractivity contribution in [1.82, 2.24) is 9.78 Å². The number of hydrogen-bond donors (Lipinski definition) is 1. The van der Waals surface area contributed by atoms with Gasteiger partial charge in [-0.05, 0) is 45.2 Å². The Bertz CT molecular complexity index is 933. The molecule has 0 bridgehead atoms. The maximum Gasteiger partial charge on any atom is 0.338 e. The predicted octanol–water partition coefficient (Wildman–Crippen LogP) is 3.16. The minimum Gasteiger partial charge on any atom is -0.452 e. The molecule has 0 aliphatic carbocycles. The Hall–Kier alpha value is -3.43. The number of benzene rings is 1. The molecule has 10 heteroatoms. The third-order valence-electron chi connectivity index (χ3n) is 4.87. The van der Waals surface area contributed by atoms with E-state index in [0.717, 1.165) is 32.4 Å². The van der Waals surface area contributed by atoms with Crippen molar-refractivity contribution < 1.29 is 19.2 Å². The third-order valence-corrected chi connectivity index (χ3v) is 4.87. The number of anilines is 2. The molecule has 1 saturated heterocycles. The number of aromatic nitrogens is 2. The van der Waals surface area contributed by atoms with Crippen molar-refractivity contribution in [2.45, 2.75) is 39.2 Å². The van der Waals surface area contributed by atoms with Crippen LogP contribution in [0.1, 0.15) is 49.5 Å². The lowest BCUT2D eigenvalue weighted by atomic mass is 10.1. The van der Waals surface area contributed by atoms with Crippen LogP contribution in [0.15, 0.2) is 30.5 Å². The first-order chi connectivity index (χ1) is 14.4. The second-order valence-electron chi connectivity index (χ2n) is 7.39. The smallest absolute Gasteiger partial charge is 0.338 e. The van der Waals surface area contributed by atoms with Crippen LogP contribution in [-0.4, -0.2) is 46.3 Å². The average molecular weight is 415 g/mol. The Morgan fingerprint density at radius 2 is 1.97 bits per heavy atom. The second kappa shape index (κ2) is 9.38. The molecule has 0 radical (unpaired) electrons. The van der Waals surface area contributed by atoms with Gasteiger partial charge < -0.3 is 15.0 Å². The van der Waals surface area contributed by atoms with Crippen LogP contribution < -0.4 is 10.2 Å². The van der Waals surface area contributed by atoms with Gasteiger partial charge in [-0.2, -0.15) is 5.10 Å². The van der Waals surface area contributed by atoms with Gasteiger partial charge in [-0.3, -0.25) is 14.9 Å². The number of nitro groups is 1. The fourth-order valence-electron chi connectivity index (χ4n) is 3.42. The van der Waals surface area contributed by atoms with Gasteiger partial charge in [0, 0.05) is 31.3 Å². The zero-order chi connectivity index (χ0) is 21.7. The predicted molar refractivity (Wildman–Crippen MR) is 111 cm³/mol. The second-order valence-corrected chi connectivity index (χ2v) is 7.39. The minimum absolute atomic E-state index is 0.0301. The molecular formula is C20H25N5O5. The van der Waals surface area contributed by atoms with Gasteiger partial charge in [0.2, 0.25) is 0 Å². The fraction of sp³-hybridized carbons (Fsp3) is 0.450. The number of nitrogens with one attached hydrogen (secondary N) is 1. The van der Waals surface area contributed by atoms with E-state index >= 15 is 0 Å². The number of piperidine rings is 1. The first-order valence-corrected chi connectivity index (χ1v) is 9.90. The van der Waals surface area contributed by atoms with Crippen molar-refractivity contribution in [2.75, 3.05) is 29.9 Å². The van der Waals surface area contributed by atoms with E-state index in [-0.39, 0.29) is 17.3 Å². The Kier molecular flexibility index (Phi) is 6.65. The third kappa shape index (κ3) is 4.94. The summed E-state index contributed by atoms with van der Waals surface area (Å²) in [6, 6.07) is 5.96. The number of nitro benzene ring substituents is 1. The maximum atomic E-state index is 12.3. The Balaban J connectivity index is 1.64. The highest BCUT2D eigenvalue weighted by Gasteiger charge is 2.24. The van der Waals surface area contributed by atoms with E-state index in [1.807, 2.05) is 18.7 Å². The topological polar surface area (TPSA) is 120 Å². The standard InChI is InChI=1S/C20H25N5O5/c1-14(2)24-18(8-9-21-24)22-19(26)13-30-20(27)15-6-7-16(17(12-15)25(28)29)23-10-4-3-5-11-23/h6-9,12,14H,3-5,10-11,13H2,1-2H3,(H,22,26). The van der Waals surface area contributed by atoms with Crippen LogP contribution in [0.2, 0.25) is 0 Å². The largest absolute Gasteiger partial charge is 0.452 e. The van der Waals surface area contributed by atoms with Crippen molar-refractivity contribution in [3.8, 4) is 0 Å². The van der Waals surface area contributed by atoms with Gasteiger partial charge in [0.05, 0.1) is 16.7 Å². The van der Waals surface area contributed by atoms with Crippen molar-refractivity contribution in [1.29, 1.82) is 0 Å². The molecule has 10 nitrogen and oxygen atoms in total. The van der Waals surface area contributed by atoms with Crippen LogP contribution in [0.25, 0.3) is 0 Å². The van der Waals surface area contributed by atoms with Crippen molar-refractivity contribution >= 4 is 29.1 Å². The van der Waals surface area contributed by atoms with Crippen LogP contribution in [0.4, 0.5) is 17.2 Å². The lowest BCUT2D eigenvalue weighted by molar-refractivity contribution is -0.384. The first-order valence-electron chi connectivity index (χ1n) is 9.90. The molecular weight excluding hydrogens is 390 g/mol. The molecule has 3 rings (SSSR count). The lowest BCUT2D eigenvalue weighted by Gasteiger charge is -2.28. The van der Waals surface area contributed by atoms with Crippen LogP contribution in [0.5, 0.6) is 0 Å². The number of esters is 1. The summed E-state index contributed by atoms with van der Waals surface area (Å²) in [5.74, 6) is -0.825.